The number of carbonyl (C=O) groups is 1. The van der Waals surface area contributed by atoms with Crippen LogP contribution in [0, 0.1) is 11.3 Å². The van der Waals surface area contributed by atoms with Gasteiger partial charge in [0.25, 0.3) is 0 Å². The molecular formula is C34H31ClN2O7. The molecule has 0 aromatic heterocycles. The highest BCUT2D eigenvalue weighted by molar-refractivity contribution is 6.34. The van der Waals surface area contributed by atoms with E-state index in [-0.39, 0.29) is 19.8 Å². The summed E-state index contributed by atoms with van der Waals surface area (Å²) in [5.74, 6) is 1.17. The van der Waals surface area contributed by atoms with Gasteiger partial charge in [-0.15, -0.1) is 0 Å². The average Bonchev–Trinajstić information content (AvgIpc) is 3.06. The van der Waals surface area contributed by atoms with E-state index in [1.807, 2.05) is 42.5 Å². The number of nitrogens with one attached hydrogen (secondary N) is 1. The number of aliphatic hydroxyl groups excluding tert-OH is 1. The second kappa shape index (κ2) is 13.7. The Labute approximate surface area is 260 Å². The van der Waals surface area contributed by atoms with Crippen molar-refractivity contribution in [2.75, 3.05) is 19.8 Å². The lowest BCUT2D eigenvalue weighted by atomic mass is 10.0. The summed E-state index contributed by atoms with van der Waals surface area (Å²) in [6.45, 7) is 2.29. The maximum atomic E-state index is 11.7. The van der Waals surface area contributed by atoms with Gasteiger partial charge in [0.15, 0.2) is 11.5 Å². The van der Waals surface area contributed by atoms with Crippen molar-refractivity contribution in [2.24, 2.45) is 0 Å². The van der Waals surface area contributed by atoms with E-state index in [0.717, 1.165) is 22.3 Å². The fourth-order valence-corrected chi connectivity index (χ4v) is 4.86. The molecule has 226 valence electrons. The first-order valence-corrected chi connectivity index (χ1v) is 14.3. The van der Waals surface area contributed by atoms with E-state index >= 15 is 0 Å². The van der Waals surface area contributed by atoms with Crippen molar-refractivity contribution in [1.82, 2.24) is 5.32 Å². The molecule has 0 bridgehead atoms. The summed E-state index contributed by atoms with van der Waals surface area (Å²) in [6, 6.07) is 25.9. The smallest absolute Gasteiger partial charge is 0.326 e. The molecule has 0 saturated carbocycles. The number of benzene rings is 4. The van der Waals surface area contributed by atoms with Gasteiger partial charge in [-0.3, -0.25) is 10.1 Å². The molecule has 0 spiro atoms. The highest BCUT2D eigenvalue weighted by atomic mass is 35.5. The maximum absolute atomic E-state index is 11.7. The predicted molar refractivity (Wildman–Crippen MR) is 164 cm³/mol. The Bertz CT molecular complexity index is 1700. The number of fused-ring (bicyclic) bond motifs is 1. The first-order chi connectivity index (χ1) is 21.3. The number of nitrogens with zero attached hydrogens (tertiary/aromatic N) is 1. The van der Waals surface area contributed by atoms with Crippen LogP contribution in [0.2, 0.25) is 5.02 Å². The summed E-state index contributed by atoms with van der Waals surface area (Å²) < 4.78 is 23.6. The van der Waals surface area contributed by atoms with Crippen LogP contribution in [0.15, 0.2) is 78.9 Å². The maximum Gasteiger partial charge on any atom is 0.326 e. The minimum Gasteiger partial charge on any atom is -0.489 e. The highest BCUT2D eigenvalue weighted by Gasteiger charge is 2.32. The van der Waals surface area contributed by atoms with Crippen molar-refractivity contribution in [3.05, 3.63) is 106 Å². The SMILES string of the molecule is C[C@@](CO)(NCc1ccc(OCc2cccc(-c3ccc4c(c3)OCCO4)c2Cl)cc1OCc1cccc(C#N)c1)C(=O)O. The standard InChI is InChI=1S/C34H31ClN2O7/c1-34(21-38,33(39)40)37-18-25-8-10-27(16-30(25)44-19-23-5-2-4-22(14-23)17-36)43-20-26-6-3-7-28(32(26)35)24-9-11-29-31(15-24)42-13-12-41-29/h2-11,14-16,37-38H,12-13,18-21H2,1H3,(H,39,40)/t34-/m0/s1. The van der Waals surface area contributed by atoms with Gasteiger partial charge >= 0.3 is 5.97 Å². The molecule has 4 aromatic carbocycles. The molecule has 0 fully saturated rings. The summed E-state index contributed by atoms with van der Waals surface area (Å²) in [5.41, 5.74) is 2.94. The van der Waals surface area contributed by atoms with Gasteiger partial charge in [-0.1, -0.05) is 54.1 Å². The first-order valence-electron chi connectivity index (χ1n) is 13.9. The molecule has 0 unspecified atom stereocenters. The van der Waals surface area contributed by atoms with Gasteiger partial charge in [-0.2, -0.15) is 5.26 Å². The summed E-state index contributed by atoms with van der Waals surface area (Å²) in [5, 5.41) is 31.9. The molecule has 5 rings (SSSR count). The van der Waals surface area contributed by atoms with Crippen LogP contribution in [0.25, 0.3) is 11.1 Å². The summed E-state index contributed by atoms with van der Waals surface area (Å²) >= 11 is 6.84. The number of carboxylic acids is 1. The number of aliphatic carboxylic acids is 1. The quantitative estimate of drug-likeness (QED) is 0.183. The lowest BCUT2D eigenvalue weighted by Gasteiger charge is -2.24. The molecule has 0 radical (unpaired) electrons. The van der Waals surface area contributed by atoms with Crippen LogP contribution in [0.5, 0.6) is 23.0 Å². The van der Waals surface area contributed by atoms with Gasteiger partial charge in [0, 0.05) is 29.3 Å². The van der Waals surface area contributed by atoms with Crippen molar-refractivity contribution >= 4 is 17.6 Å². The summed E-state index contributed by atoms with van der Waals surface area (Å²) in [7, 11) is 0. The lowest BCUT2D eigenvalue weighted by Crippen LogP contribution is -2.52. The van der Waals surface area contributed by atoms with Crippen molar-refractivity contribution in [3.63, 3.8) is 0 Å². The molecule has 1 aliphatic rings. The zero-order valence-corrected chi connectivity index (χ0v) is 24.8. The van der Waals surface area contributed by atoms with E-state index in [1.54, 1.807) is 36.4 Å². The van der Waals surface area contributed by atoms with Gasteiger partial charge in [0.1, 0.15) is 43.5 Å². The molecule has 44 heavy (non-hydrogen) atoms. The number of hydrogen-bond donors (Lipinski definition) is 3. The van der Waals surface area contributed by atoms with Crippen LogP contribution in [0.1, 0.15) is 29.2 Å². The fourth-order valence-electron chi connectivity index (χ4n) is 4.57. The van der Waals surface area contributed by atoms with Gasteiger partial charge in [0.2, 0.25) is 0 Å². The van der Waals surface area contributed by atoms with Gasteiger partial charge in [0.05, 0.1) is 23.3 Å². The van der Waals surface area contributed by atoms with Crippen molar-refractivity contribution in [2.45, 2.75) is 32.2 Å². The van der Waals surface area contributed by atoms with Crippen LogP contribution in [-0.4, -0.2) is 41.5 Å². The molecule has 1 atom stereocenters. The molecule has 1 heterocycles. The molecule has 9 nitrogen and oxygen atoms in total. The number of aliphatic hydroxyl groups is 1. The van der Waals surface area contributed by atoms with Crippen LogP contribution in [-0.2, 0) is 24.6 Å². The van der Waals surface area contributed by atoms with E-state index in [1.165, 1.54) is 6.92 Å². The van der Waals surface area contributed by atoms with Gasteiger partial charge in [-0.05, 0) is 48.4 Å². The third kappa shape index (κ3) is 7.06. The first kappa shape index (κ1) is 30.7. The molecule has 1 aliphatic heterocycles. The molecular weight excluding hydrogens is 584 g/mol. The van der Waals surface area contributed by atoms with Crippen LogP contribution < -0.4 is 24.3 Å². The zero-order chi connectivity index (χ0) is 31.1. The zero-order valence-electron chi connectivity index (χ0n) is 24.0. The molecule has 3 N–H and O–H groups in total. The van der Waals surface area contributed by atoms with Crippen LogP contribution >= 0.6 is 11.6 Å². The van der Waals surface area contributed by atoms with Gasteiger partial charge < -0.3 is 29.2 Å². The van der Waals surface area contributed by atoms with Crippen molar-refractivity contribution < 1.29 is 34.0 Å². The second-order valence-electron chi connectivity index (χ2n) is 10.4. The molecule has 0 amide bonds. The minimum absolute atomic E-state index is 0.112. The monoisotopic (exact) mass is 614 g/mol. The molecule has 10 heteroatoms. The Kier molecular flexibility index (Phi) is 9.56. The number of carboxylic acid groups (broad SMARTS) is 1. The molecule has 4 aromatic rings. The van der Waals surface area contributed by atoms with Crippen LogP contribution in [0.3, 0.4) is 0 Å². The summed E-state index contributed by atoms with van der Waals surface area (Å²) in [4.78, 5) is 11.7. The summed E-state index contributed by atoms with van der Waals surface area (Å²) in [6.07, 6.45) is 0. The van der Waals surface area contributed by atoms with E-state index in [0.29, 0.717) is 52.4 Å². The Morgan fingerprint density at radius 1 is 0.977 bits per heavy atom. The number of rotatable bonds is 12. The molecule has 0 aliphatic carbocycles. The third-order valence-electron chi connectivity index (χ3n) is 7.27. The average molecular weight is 615 g/mol. The second-order valence-corrected chi connectivity index (χ2v) is 10.8. The Morgan fingerprint density at radius 2 is 1.77 bits per heavy atom. The molecule has 0 saturated heterocycles. The Morgan fingerprint density at radius 3 is 2.55 bits per heavy atom. The Balaban J connectivity index is 1.35. The van der Waals surface area contributed by atoms with Crippen molar-refractivity contribution in [1.29, 1.82) is 5.26 Å². The predicted octanol–water partition coefficient (Wildman–Crippen LogP) is 5.73. The van der Waals surface area contributed by atoms with Crippen LogP contribution in [0.4, 0.5) is 0 Å². The third-order valence-corrected chi connectivity index (χ3v) is 7.72. The topological polar surface area (TPSA) is 130 Å². The van der Waals surface area contributed by atoms with Crippen molar-refractivity contribution in [3.8, 4) is 40.2 Å². The normalized spacial score (nSPS) is 13.4. The number of halogens is 1. The lowest BCUT2D eigenvalue weighted by molar-refractivity contribution is -0.145. The minimum atomic E-state index is -1.54. The fraction of sp³-hybridized carbons (Fsp3) is 0.235. The van der Waals surface area contributed by atoms with E-state index < -0.39 is 18.1 Å². The Hall–Kier alpha value is -4.75. The number of hydrogen-bond acceptors (Lipinski definition) is 8. The van der Waals surface area contributed by atoms with E-state index in [4.69, 9.17) is 30.5 Å². The van der Waals surface area contributed by atoms with Gasteiger partial charge in [-0.25, -0.2) is 0 Å². The van der Waals surface area contributed by atoms with E-state index in [2.05, 4.69) is 11.4 Å². The number of nitriles is 1. The van der Waals surface area contributed by atoms with E-state index in [9.17, 15) is 20.3 Å². The highest BCUT2D eigenvalue weighted by Crippen LogP contribution is 2.38. The number of ether oxygens (including phenoxy) is 4. The largest absolute Gasteiger partial charge is 0.489 e.